The standard InChI is InChI=1S/C22H22ClFN2O2S/c1-14-13-25-19(15-7-5-4-6-8-15)12-18(14)26-21(27)22(2,3)29(28)20-10-9-16(23)11-17(20)24/h4-12,14H,13H2,1-3H3,(H,26,27). The van der Waals surface area contributed by atoms with Crippen LogP contribution in [0.4, 0.5) is 4.39 Å². The maximum absolute atomic E-state index is 14.2. The van der Waals surface area contributed by atoms with Gasteiger partial charge in [0.1, 0.15) is 0 Å². The lowest BCUT2D eigenvalue weighted by atomic mass is 9.99. The van der Waals surface area contributed by atoms with Gasteiger partial charge in [0.05, 0.1) is 5.71 Å². The lowest BCUT2D eigenvalue weighted by molar-refractivity contribution is -0.122. The van der Waals surface area contributed by atoms with Crippen LogP contribution < -0.4 is 5.32 Å². The van der Waals surface area contributed by atoms with Crippen molar-refractivity contribution in [1.29, 1.82) is 0 Å². The van der Waals surface area contributed by atoms with Gasteiger partial charge in [-0.05, 0) is 43.7 Å². The number of hydrogen-bond donors (Lipinski definition) is 1. The van der Waals surface area contributed by atoms with E-state index in [2.05, 4.69) is 10.3 Å². The molecule has 0 radical (unpaired) electrons. The van der Waals surface area contributed by atoms with Gasteiger partial charge in [-0.15, -0.1) is 0 Å². The molecule has 1 aliphatic heterocycles. The molecule has 2 atom stereocenters. The molecule has 3 rings (SSSR count). The Hall–Kier alpha value is -2.15. The number of hydrogen-bond acceptors (Lipinski definition) is 3. The third-order valence-electron chi connectivity index (χ3n) is 4.79. The van der Waals surface area contributed by atoms with Crippen LogP contribution in [0.3, 0.4) is 0 Å². The van der Waals surface area contributed by atoms with Crippen molar-refractivity contribution in [2.75, 3.05) is 6.54 Å². The highest BCUT2D eigenvalue weighted by atomic mass is 35.5. The zero-order valence-corrected chi connectivity index (χ0v) is 18.0. The van der Waals surface area contributed by atoms with Crippen molar-refractivity contribution in [2.24, 2.45) is 10.9 Å². The van der Waals surface area contributed by atoms with Gasteiger partial charge in [-0.2, -0.15) is 0 Å². The second-order valence-corrected chi connectivity index (χ2v) is 9.83. The van der Waals surface area contributed by atoms with Crippen LogP contribution in [-0.2, 0) is 16.0 Å². The summed E-state index contributed by atoms with van der Waals surface area (Å²) >= 11 is 3.86. The van der Waals surface area contributed by atoms with Gasteiger partial charge in [0, 0.05) is 34.4 Å². The summed E-state index contributed by atoms with van der Waals surface area (Å²) in [5, 5.41) is 3.10. The van der Waals surface area contributed by atoms with E-state index in [0.717, 1.165) is 17.3 Å². The van der Waals surface area contributed by atoms with Crippen LogP contribution >= 0.6 is 11.6 Å². The summed E-state index contributed by atoms with van der Waals surface area (Å²) in [6.45, 7) is 5.56. The van der Waals surface area contributed by atoms with E-state index in [1.165, 1.54) is 26.0 Å². The van der Waals surface area contributed by atoms with E-state index < -0.39 is 27.6 Å². The fourth-order valence-corrected chi connectivity index (χ4v) is 4.23. The van der Waals surface area contributed by atoms with Crippen molar-refractivity contribution in [3.8, 4) is 0 Å². The number of allylic oxidation sites excluding steroid dienone is 1. The molecule has 0 spiro atoms. The number of nitrogens with one attached hydrogen (secondary N) is 1. The van der Waals surface area contributed by atoms with Gasteiger partial charge < -0.3 is 9.87 Å². The van der Waals surface area contributed by atoms with Gasteiger partial charge in [-0.1, -0.05) is 48.9 Å². The molecule has 1 amide bonds. The minimum Gasteiger partial charge on any atom is -0.611 e. The van der Waals surface area contributed by atoms with Gasteiger partial charge in [-0.25, -0.2) is 4.39 Å². The largest absolute Gasteiger partial charge is 0.611 e. The zero-order valence-electron chi connectivity index (χ0n) is 16.4. The van der Waals surface area contributed by atoms with Gasteiger partial charge in [-0.3, -0.25) is 9.79 Å². The first-order valence-corrected chi connectivity index (χ1v) is 10.7. The Morgan fingerprint density at radius 2 is 1.97 bits per heavy atom. The zero-order chi connectivity index (χ0) is 21.2. The normalized spacial score (nSPS) is 17.9. The van der Waals surface area contributed by atoms with E-state index in [0.29, 0.717) is 12.2 Å². The molecule has 1 N–H and O–H groups in total. The second kappa shape index (κ2) is 8.69. The Balaban J connectivity index is 1.82. The molecule has 4 nitrogen and oxygen atoms in total. The molecule has 0 aromatic heterocycles. The molecule has 2 unspecified atom stereocenters. The fraction of sp³-hybridized carbons (Fsp3) is 0.273. The Morgan fingerprint density at radius 1 is 1.28 bits per heavy atom. The van der Waals surface area contributed by atoms with Crippen molar-refractivity contribution < 1.29 is 13.7 Å². The van der Waals surface area contributed by atoms with Crippen LogP contribution in [-0.4, -0.2) is 27.5 Å². The predicted octanol–water partition coefficient (Wildman–Crippen LogP) is 4.50. The monoisotopic (exact) mass is 432 g/mol. The molecular formula is C22H22ClFN2O2S. The van der Waals surface area contributed by atoms with Gasteiger partial charge >= 0.3 is 0 Å². The molecule has 2 aromatic carbocycles. The quantitative estimate of drug-likeness (QED) is 0.707. The molecule has 0 saturated heterocycles. The summed E-state index contributed by atoms with van der Waals surface area (Å²) in [4.78, 5) is 17.5. The average Bonchev–Trinajstić information content (AvgIpc) is 2.69. The Labute approximate surface area is 178 Å². The van der Waals surface area contributed by atoms with Crippen LogP contribution in [0, 0.1) is 11.7 Å². The number of halogens is 2. The number of benzene rings is 2. The van der Waals surface area contributed by atoms with E-state index in [1.807, 2.05) is 43.3 Å². The maximum atomic E-state index is 14.2. The van der Waals surface area contributed by atoms with Crippen LogP contribution in [0.5, 0.6) is 0 Å². The fourth-order valence-electron chi connectivity index (χ4n) is 2.88. The lowest BCUT2D eigenvalue weighted by Gasteiger charge is -2.29. The van der Waals surface area contributed by atoms with Crippen LogP contribution in [0.2, 0.25) is 5.02 Å². The van der Waals surface area contributed by atoms with Crippen molar-refractivity contribution in [3.05, 3.63) is 76.7 Å². The second-order valence-electron chi connectivity index (χ2n) is 7.40. The SMILES string of the molecule is CC1CN=C(c2ccccc2)C=C1NC(=O)C(C)(C)[S+]([O-])c1ccc(Cl)cc1F. The number of amides is 1. The molecule has 1 aliphatic rings. The maximum Gasteiger partial charge on any atom is 0.280 e. The van der Waals surface area contributed by atoms with E-state index in [9.17, 15) is 13.7 Å². The third kappa shape index (κ3) is 4.71. The minimum absolute atomic E-state index is 0.00270. The molecule has 7 heteroatoms. The van der Waals surface area contributed by atoms with Crippen molar-refractivity contribution in [3.63, 3.8) is 0 Å². The highest BCUT2D eigenvalue weighted by Gasteiger charge is 2.43. The number of carbonyl (C=O) groups excluding carboxylic acids is 1. The Morgan fingerprint density at radius 3 is 2.62 bits per heavy atom. The molecule has 0 aliphatic carbocycles. The van der Waals surface area contributed by atoms with Crippen LogP contribution in [0.1, 0.15) is 26.3 Å². The minimum atomic E-state index is -1.91. The van der Waals surface area contributed by atoms with Gasteiger partial charge in [0.15, 0.2) is 10.7 Å². The molecule has 0 saturated carbocycles. The number of aliphatic imine (C=N–C) groups is 1. The molecule has 1 heterocycles. The number of dihydropyridines is 1. The smallest absolute Gasteiger partial charge is 0.280 e. The number of nitrogens with zero attached hydrogens (tertiary/aromatic N) is 1. The first-order chi connectivity index (χ1) is 13.7. The number of carbonyl (C=O) groups is 1. The predicted molar refractivity (Wildman–Crippen MR) is 115 cm³/mol. The summed E-state index contributed by atoms with van der Waals surface area (Å²) in [6.07, 6.45) is 1.84. The molecular weight excluding hydrogens is 411 g/mol. The van der Waals surface area contributed by atoms with Crippen LogP contribution in [0.25, 0.3) is 0 Å². The third-order valence-corrected chi connectivity index (χ3v) is 6.87. The van der Waals surface area contributed by atoms with Gasteiger partial charge in [0.2, 0.25) is 4.75 Å². The first kappa shape index (κ1) is 21.6. The van der Waals surface area contributed by atoms with Crippen molar-refractivity contribution >= 4 is 34.4 Å². The Kier molecular flexibility index (Phi) is 6.46. The summed E-state index contributed by atoms with van der Waals surface area (Å²) in [6, 6.07) is 13.6. The van der Waals surface area contributed by atoms with E-state index in [-0.39, 0.29) is 15.8 Å². The summed E-state index contributed by atoms with van der Waals surface area (Å²) in [5.41, 5.74) is 2.43. The molecule has 0 bridgehead atoms. The highest BCUT2D eigenvalue weighted by Crippen LogP contribution is 2.30. The van der Waals surface area contributed by atoms with Crippen molar-refractivity contribution in [2.45, 2.75) is 30.4 Å². The first-order valence-electron chi connectivity index (χ1n) is 9.20. The number of rotatable bonds is 5. The van der Waals surface area contributed by atoms with E-state index >= 15 is 0 Å². The average molecular weight is 433 g/mol. The molecule has 152 valence electrons. The Bertz CT molecular complexity index is 976. The molecule has 0 fully saturated rings. The summed E-state index contributed by atoms with van der Waals surface area (Å²) < 4.78 is 25.8. The molecule has 29 heavy (non-hydrogen) atoms. The summed E-state index contributed by atoms with van der Waals surface area (Å²) in [7, 11) is 0. The van der Waals surface area contributed by atoms with E-state index in [4.69, 9.17) is 11.6 Å². The molecule has 2 aromatic rings. The van der Waals surface area contributed by atoms with E-state index in [1.54, 1.807) is 0 Å². The summed E-state index contributed by atoms with van der Waals surface area (Å²) in [5.74, 6) is -1.14. The highest BCUT2D eigenvalue weighted by molar-refractivity contribution is 7.93. The lowest BCUT2D eigenvalue weighted by Crippen LogP contribution is -2.49. The topological polar surface area (TPSA) is 64.5 Å². The van der Waals surface area contributed by atoms with Crippen molar-refractivity contribution in [1.82, 2.24) is 5.32 Å². The van der Waals surface area contributed by atoms with Gasteiger partial charge in [0.25, 0.3) is 5.91 Å². The van der Waals surface area contributed by atoms with Crippen LogP contribution in [0.15, 0.2) is 70.2 Å².